The molecule has 19 heavy (non-hydrogen) atoms. The maximum atomic E-state index is 5.52. The fourth-order valence-corrected chi connectivity index (χ4v) is 1.98. The molecule has 0 unspecified atom stereocenters. The number of benzene rings is 1. The van der Waals surface area contributed by atoms with Crippen molar-refractivity contribution in [1.29, 1.82) is 0 Å². The van der Waals surface area contributed by atoms with Crippen LogP contribution in [0.15, 0.2) is 24.3 Å². The molecule has 3 heteroatoms. The summed E-state index contributed by atoms with van der Waals surface area (Å²) in [6, 6.07) is 9.00. The lowest BCUT2D eigenvalue weighted by Gasteiger charge is -2.19. The fourth-order valence-electron chi connectivity index (χ4n) is 1.98. The predicted octanol–water partition coefficient (Wildman–Crippen LogP) is 3.43. The molecule has 0 heterocycles. The smallest absolute Gasteiger partial charge is 0.158 e. The molecule has 0 aliphatic rings. The SMILES string of the molecule is CCOC(CCN[C@@H](C)c1ccc(C)cc1)OCC. The Hall–Kier alpha value is -0.900. The van der Waals surface area contributed by atoms with Crippen molar-refractivity contribution < 1.29 is 9.47 Å². The van der Waals surface area contributed by atoms with Crippen LogP contribution in [-0.2, 0) is 9.47 Å². The Bertz CT molecular complexity index is 331. The first-order chi connectivity index (χ1) is 9.17. The molecule has 1 atom stereocenters. The van der Waals surface area contributed by atoms with Crippen molar-refractivity contribution in [3.8, 4) is 0 Å². The largest absolute Gasteiger partial charge is 0.353 e. The van der Waals surface area contributed by atoms with E-state index in [2.05, 4.69) is 43.4 Å². The van der Waals surface area contributed by atoms with Gasteiger partial charge in [-0.1, -0.05) is 29.8 Å². The van der Waals surface area contributed by atoms with Crippen LogP contribution in [0.25, 0.3) is 0 Å². The Labute approximate surface area is 117 Å². The number of rotatable bonds is 9. The first-order valence-corrected chi connectivity index (χ1v) is 7.20. The van der Waals surface area contributed by atoms with Crippen LogP contribution in [0.3, 0.4) is 0 Å². The third-order valence-corrected chi connectivity index (χ3v) is 3.11. The summed E-state index contributed by atoms with van der Waals surface area (Å²) in [4.78, 5) is 0. The van der Waals surface area contributed by atoms with Crippen molar-refractivity contribution in [2.75, 3.05) is 19.8 Å². The first-order valence-electron chi connectivity index (χ1n) is 7.20. The van der Waals surface area contributed by atoms with Gasteiger partial charge >= 0.3 is 0 Å². The van der Waals surface area contributed by atoms with Gasteiger partial charge in [0.25, 0.3) is 0 Å². The fraction of sp³-hybridized carbons (Fsp3) is 0.625. The topological polar surface area (TPSA) is 30.5 Å². The molecule has 0 aromatic heterocycles. The summed E-state index contributed by atoms with van der Waals surface area (Å²) in [7, 11) is 0. The molecule has 3 nitrogen and oxygen atoms in total. The summed E-state index contributed by atoms with van der Waals surface area (Å²) in [5, 5.41) is 3.51. The van der Waals surface area contributed by atoms with Crippen LogP contribution >= 0.6 is 0 Å². The van der Waals surface area contributed by atoms with E-state index in [1.54, 1.807) is 0 Å². The van der Waals surface area contributed by atoms with Gasteiger partial charge in [-0.25, -0.2) is 0 Å². The molecular formula is C16H27NO2. The quantitative estimate of drug-likeness (QED) is 0.694. The van der Waals surface area contributed by atoms with E-state index in [-0.39, 0.29) is 6.29 Å². The minimum Gasteiger partial charge on any atom is -0.353 e. The molecule has 0 radical (unpaired) electrons. The number of nitrogens with one attached hydrogen (secondary N) is 1. The predicted molar refractivity (Wildman–Crippen MR) is 79.3 cm³/mol. The van der Waals surface area contributed by atoms with Gasteiger partial charge in [0.2, 0.25) is 0 Å². The van der Waals surface area contributed by atoms with Crippen molar-refractivity contribution in [3.63, 3.8) is 0 Å². The third-order valence-electron chi connectivity index (χ3n) is 3.11. The highest BCUT2D eigenvalue weighted by Crippen LogP contribution is 2.13. The van der Waals surface area contributed by atoms with E-state index in [0.717, 1.165) is 13.0 Å². The summed E-state index contributed by atoms with van der Waals surface area (Å²) >= 11 is 0. The van der Waals surface area contributed by atoms with Crippen molar-refractivity contribution in [1.82, 2.24) is 5.32 Å². The van der Waals surface area contributed by atoms with Crippen molar-refractivity contribution in [2.45, 2.75) is 46.4 Å². The molecule has 0 aliphatic heterocycles. The first kappa shape index (κ1) is 16.2. The Morgan fingerprint density at radius 1 is 1.05 bits per heavy atom. The third kappa shape index (κ3) is 6.19. The van der Waals surface area contributed by atoms with E-state index in [1.807, 2.05) is 13.8 Å². The van der Waals surface area contributed by atoms with E-state index < -0.39 is 0 Å². The maximum Gasteiger partial charge on any atom is 0.158 e. The summed E-state index contributed by atoms with van der Waals surface area (Å²) in [5.41, 5.74) is 2.61. The lowest BCUT2D eigenvalue weighted by atomic mass is 10.1. The highest BCUT2D eigenvalue weighted by atomic mass is 16.7. The maximum absolute atomic E-state index is 5.52. The molecule has 0 bridgehead atoms. The summed E-state index contributed by atoms with van der Waals surface area (Å²) in [6.07, 6.45) is 0.783. The van der Waals surface area contributed by atoms with Gasteiger partial charge in [0.15, 0.2) is 6.29 Å². The van der Waals surface area contributed by atoms with Crippen LogP contribution < -0.4 is 5.32 Å². The molecule has 1 rings (SSSR count). The summed E-state index contributed by atoms with van der Waals surface area (Å²) < 4.78 is 11.0. The lowest BCUT2D eigenvalue weighted by molar-refractivity contribution is -0.138. The average molecular weight is 265 g/mol. The van der Waals surface area contributed by atoms with Gasteiger partial charge in [0.1, 0.15) is 0 Å². The molecule has 108 valence electrons. The molecule has 0 spiro atoms. The van der Waals surface area contributed by atoms with Gasteiger partial charge in [-0.3, -0.25) is 0 Å². The van der Waals surface area contributed by atoms with E-state index in [9.17, 15) is 0 Å². The second-order valence-electron chi connectivity index (χ2n) is 4.72. The van der Waals surface area contributed by atoms with Gasteiger partial charge < -0.3 is 14.8 Å². The zero-order chi connectivity index (χ0) is 14.1. The number of hydrogen-bond donors (Lipinski definition) is 1. The molecule has 0 saturated heterocycles. The van der Waals surface area contributed by atoms with Gasteiger partial charge in [0, 0.05) is 32.2 Å². The van der Waals surface area contributed by atoms with Crippen LogP contribution in [0, 0.1) is 6.92 Å². The molecule has 0 amide bonds. The number of aryl methyl sites for hydroxylation is 1. The molecule has 1 aromatic rings. The second kappa shape index (κ2) is 9.08. The monoisotopic (exact) mass is 265 g/mol. The molecular weight excluding hydrogens is 238 g/mol. The molecule has 0 fully saturated rings. The van der Waals surface area contributed by atoms with Gasteiger partial charge in [-0.15, -0.1) is 0 Å². The second-order valence-corrected chi connectivity index (χ2v) is 4.72. The summed E-state index contributed by atoms with van der Waals surface area (Å²) in [5.74, 6) is 0. The minimum atomic E-state index is -0.0901. The Morgan fingerprint density at radius 2 is 1.63 bits per heavy atom. The van der Waals surface area contributed by atoms with Crippen LogP contribution in [-0.4, -0.2) is 26.0 Å². The van der Waals surface area contributed by atoms with E-state index in [0.29, 0.717) is 19.3 Å². The van der Waals surface area contributed by atoms with E-state index in [4.69, 9.17) is 9.47 Å². The molecule has 1 N–H and O–H groups in total. The minimum absolute atomic E-state index is 0.0901. The van der Waals surface area contributed by atoms with Crippen LogP contribution in [0.1, 0.15) is 44.4 Å². The van der Waals surface area contributed by atoms with Crippen molar-refractivity contribution in [3.05, 3.63) is 35.4 Å². The van der Waals surface area contributed by atoms with Gasteiger partial charge in [-0.2, -0.15) is 0 Å². The molecule has 0 aliphatic carbocycles. The highest BCUT2D eigenvalue weighted by molar-refractivity contribution is 5.23. The number of ether oxygens (including phenoxy) is 2. The van der Waals surface area contributed by atoms with E-state index in [1.165, 1.54) is 11.1 Å². The van der Waals surface area contributed by atoms with Gasteiger partial charge in [0.05, 0.1) is 0 Å². The van der Waals surface area contributed by atoms with E-state index >= 15 is 0 Å². The standard InChI is InChI=1S/C16H27NO2/c1-5-18-16(19-6-2)11-12-17-14(4)15-9-7-13(3)8-10-15/h7-10,14,16-17H,5-6,11-12H2,1-4H3/t14-/m0/s1. The lowest BCUT2D eigenvalue weighted by Crippen LogP contribution is -2.26. The zero-order valence-corrected chi connectivity index (χ0v) is 12.6. The Morgan fingerprint density at radius 3 is 2.16 bits per heavy atom. The Kier molecular flexibility index (Phi) is 7.72. The highest BCUT2D eigenvalue weighted by Gasteiger charge is 2.09. The number of hydrogen-bond acceptors (Lipinski definition) is 3. The van der Waals surface area contributed by atoms with Crippen molar-refractivity contribution in [2.24, 2.45) is 0 Å². The molecule has 1 aromatic carbocycles. The molecule has 0 saturated carbocycles. The van der Waals surface area contributed by atoms with Crippen molar-refractivity contribution >= 4 is 0 Å². The summed E-state index contributed by atoms with van der Waals surface area (Å²) in [6.45, 7) is 10.6. The van der Waals surface area contributed by atoms with Crippen LogP contribution in [0.5, 0.6) is 0 Å². The Balaban J connectivity index is 2.32. The van der Waals surface area contributed by atoms with Crippen LogP contribution in [0.4, 0.5) is 0 Å². The zero-order valence-electron chi connectivity index (χ0n) is 12.6. The average Bonchev–Trinajstić information content (AvgIpc) is 2.40. The van der Waals surface area contributed by atoms with Crippen LogP contribution in [0.2, 0.25) is 0 Å². The van der Waals surface area contributed by atoms with Gasteiger partial charge in [-0.05, 0) is 33.3 Å². The normalized spacial score (nSPS) is 12.9.